The fraction of sp³-hybridized carbons (Fsp3) is 0. The molecule has 0 spiro atoms. The van der Waals surface area contributed by atoms with Gasteiger partial charge in [0.25, 0.3) is 5.56 Å². The maximum absolute atomic E-state index is 11.3. The highest BCUT2D eigenvalue weighted by atomic mass is 79.9. The number of benzene rings is 1. The Morgan fingerprint density at radius 3 is 3.00 bits per heavy atom. The molecule has 0 fully saturated rings. The molecule has 0 aliphatic carbocycles. The second-order valence-electron chi connectivity index (χ2n) is 2.61. The summed E-state index contributed by atoms with van der Waals surface area (Å²) in [4.78, 5) is 17.7. The van der Waals surface area contributed by atoms with Crippen LogP contribution >= 0.6 is 15.9 Å². The molecular formula is C8H6BrN3O. The molecule has 0 bridgehead atoms. The molecule has 13 heavy (non-hydrogen) atoms. The maximum Gasteiger partial charge on any atom is 0.260 e. The number of fused-ring (bicyclic) bond motifs is 1. The Balaban J connectivity index is 2.95. The van der Waals surface area contributed by atoms with Crippen LogP contribution < -0.4 is 11.3 Å². The number of aromatic nitrogens is 2. The first kappa shape index (κ1) is 8.25. The zero-order chi connectivity index (χ0) is 9.42. The molecule has 1 aromatic carbocycles. The van der Waals surface area contributed by atoms with E-state index >= 15 is 0 Å². The van der Waals surface area contributed by atoms with Crippen LogP contribution in [0.1, 0.15) is 0 Å². The summed E-state index contributed by atoms with van der Waals surface area (Å²) in [6, 6.07) is 5.24. The highest BCUT2D eigenvalue weighted by Gasteiger charge is 2.01. The Bertz CT molecular complexity index is 515. The topological polar surface area (TPSA) is 71.8 Å². The van der Waals surface area contributed by atoms with Crippen molar-refractivity contribution in [1.29, 1.82) is 0 Å². The molecular weight excluding hydrogens is 234 g/mol. The van der Waals surface area contributed by atoms with Crippen LogP contribution in [0.5, 0.6) is 0 Å². The van der Waals surface area contributed by atoms with Crippen molar-refractivity contribution in [3.05, 3.63) is 33.0 Å². The Kier molecular flexibility index (Phi) is 1.81. The molecule has 5 heteroatoms. The van der Waals surface area contributed by atoms with Gasteiger partial charge in [-0.05, 0) is 18.2 Å². The van der Waals surface area contributed by atoms with Gasteiger partial charge in [0.05, 0.1) is 10.9 Å². The van der Waals surface area contributed by atoms with Gasteiger partial charge in [-0.2, -0.15) is 0 Å². The van der Waals surface area contributed by atoms with Gasteiger partial charge in [-0.1, -0.05) is 15.9 Å². The average Bonchev–Trinajstić information content (AvgIpc) is 2.02. The van der Waals surface area contributed by atoms with Crippen molar-refractivity contribution in [3.63, 3.8) is 0 Å². The quantitative estimate of drug-likeness (QED) is 0.728. The lowest BCUT2D eigenvalue weighted by atomic mass is 10.2. The maximum atomic E-state index is 11.3. The Labute approximate surface area is 81.9 Å². The summed E-state index contributed by atoms with van der Waals surface area (Å²) in [7, 11) is 0. The van der Waals surface area contributed by atoms with Crippen LogP contribution in [0.15, 0.2) is 27.5 Å². The van der Waals surface area contributed by atoms with Crippen molar-refractivity contribution >= 4 is 32.8 Å². The number of nitrogen functional groups attached to an aromatic ring is 1. The van der Waals surface area contributed by atoms with E-state index in [1.54, 1.807) is 18.2 Å². The zero-order valence-corrected chi connectivity index (χ0v) is 8.13. The minimum Gasteiger partial charge on any atom is -0.369 e. The number of halogens is 1. The first-order valence-electron chi connectivity index (χ1n) is 3.62. The monoisotopic (exact) mass is 239 g/mol. The Hall–Kier alpha value is -1.36. The van der Waals surface area contributed by atoms with Gasteiger partial charge in [0, 0.05) is 4.47 Å². The van der Waals surface area contributed by atoms with Crippen LogP contribution in [-0.2, 0) is 0 Å². The molecule has 0 saturated heterocycles. The van der Waals surface area contributed by atoms with Gasteiger partial charge in [0.1, 0.15) is 0 Å². The van der Waals surface area contributed by atoms with Crippen LogP contribution in [-0.4, -0.2) is 9.97 Å². The molecule has 0 radical (unpaired) electrons. The molecule has 0 aliphatic heterocycles. The normalized spacial score (nSPS) is 10.5. The fourth-order valence-corrected chi connectivity index (χ4v) is 1.48. The van der Waals surface area contributed by atoms with Crippen LogP contribution in [0.2, 0.25) is 0 Å². The third-order valence-corrected chi connectivity index (χ3v) is 2.18. The van der Waals surface area contributed by atoms with Gasteiger partial charge in [-0.25, -0.2) is 4.98 Å². The molecule has 0 aliphatic rings. The summed E-state index contributed by atoms with van der Waals surface area (Å²) in [5, 5.41) is 0.539. The van der Waals surface area contributed by atoms with E-state index in [2.05, 4.69) is 25.9 Å². The summed E-state index contributed by atoms with van der Waals surface area (Å²) >= 11 is 3.29. The lowest BCUT2D eigenvalue weighted by molar-refractivity contribution is 1.19. The van der Waals surface area contributed by atoms with Gasteiger partial charge < -0.3 is 5.73 Å². The van der Waals surface area contributed by atoms with Gasteiger partial charge in [0.2, 0.25) is 5.95 Å². The third-order valence-electron chi connectivity index (χ3n) is 1.69. The van der Waals surface area contributed by atoms with E-state index in [-0.39, 0.29) is 11.5 Å². The SMILES string of the molecule is Nc1nc2cc(Br)ccc2c(=O)[nH]1. The summed E-state index contributed by atoms with van der Waals surface area (Å²) in [5.41, 5.74) is 5.77. The molecule has 3 N–H and O–H groups in total. The number of nitrogens with two attached hydrogens (primary N) is 1. The predicted molar refractivity (Wildman–Crippen MR) is 54.5 cm³/mol. The minimum absolute atomic E-state index is 0.135. The van der Waals surface area contributed by atoms with E-state index in [0.717, 1.165) is 4.47 Å². The van der Waals surface area contributed by atoms with E-state index in [4.69, 9.17) is 5.73 Å². The van der Waals surface area contributed by atoms with Crippen molar-refractivity contribution in [2.75, 3.05) is 5.73 Å². The van der Waals surface area contributed by atoms with Crippen LogP contribution in [0, 0.1) is 0 Å². The minimum atomic E-state index is -0.213. The van der Waals surface area contributed by atoms with E-state index in [0.29, 0.717) is 10.9 Å². The molecule has 2 aromatic rings. The fourth-order valence-electron chi connectivity index (χ4n) is 1.13. The van der Waals surface area contributed by atoms with Crippen LogP contribution in [0.4, 0.5) is 5.95 Å². The van der Waals surface area contributed by atoms with Crippen molar-refractivity contribution in [3.8, 4) is 0 Å². The lowest BCUT2D eigenvalue weighted by Crippen LogP contribution is -2.10. The number of hydrogen-bond acceptors (Lipinski definition) is 3. The largest absolute Gasteiger partial charge is 0.369 e. The number of H-pyrrole nitrogens is 1. The number of nitrogens with zero attached hydrogens (tertiary/aromatic N) is 1. The summed E-state index contributed by atoms with van der Waals surface area (Å²) < 4.78 is 0.873. The van der Waals surface area contributed by atoms with E-state index in [9.17, 15) is 4.79 Å². The van der Waals surface area contributed by atoms with Gasteiger partial charge in [0.15, 0.2) is 0 Å². The molecule has 66 valence electrons. The van der Waals surface area contributed by atoms with Crippen molar-refractivity contribution in [1.82, 2.24) is 9.97 Å². The van der Waals surface area contributed by atoms with Gasteiger partial charge in [-0.15, -0.1) is 0 Å². The summed E-state index contributed by atoms with van der Waals surface area (Å²) in [5.74, 6) is 0.135. The second kappa shape index (κ2) is 2.85. The first-order valence-corrected chi connectivity index (χ1v) is 4.41. The predicted octanol–water partition coefficient (Wildman–Crippen LogP) is 1.27. The number of anilines is 1. The van der Waals surface area contributed by atoms with Gasteiger partial charge in [-0.3, -0.25) is 9.78 Å². The Morgan fingerprint density at radius 1 is 1.46 bits per heavy atom. The number of rotatable bonds is 0. The lowest BCUT2D eigenvalue weighted by Gasteiger charge is -1.97. The molecule has 0 saturated carbocycles. The highest BCUT2D eigenvalue weighted by molar-refractivity contribution is 9.10. The average molecular weight is 240 g/mol. The van der Waals surface area contributed by atoms with Crippen molar-refractivity contribution in [2.24, 2.45) is 0 Å². The van der Waals surface area contributed by atoms with E-state index in [1.165, 1.54) is 0 Å². The number of hydrogen-bond donors (Lipinski definition) is 2. The second-order valence-corrected chi connectivity index (χ2v) is 3.53. The van der Waals surface area contributed by atoms with Crippen molar-refractivity contribution in [2.45, 2.75) is 0 Å². The number of aromatic amines is 1. The molecule has 4 nitrogen and oxygen atoms in total. The Morgan fingerprint density at radius 2 is 2.23 bits per heavy atom. The summed E-state index contributed by atoms with van der Waals surface area (Å²) in [6.07, 6.45) is 0. The van der Waals surface area contributed by atoms with Crippen LogP contribution in [0.25, 0.3) is 10.9 Å². The van der Waals surface area contributed by atoms with Gasteiger partial charge >= 0.3 is 0 Å². The smallest absolute Gasteiger partial charge is 0.260 e. The first-order chi connectivity index (χ1) is 6.16. The zero-order valence-electron chi connectivity index (χ0n) is 6.54. The van der Waals surface area contributed by atoms with Crippen LogP contribution in [0.3, 0.4) is 0 Å². The van der Waals surface area contributed by atoms with E-state index < -0.39 is 0 Å². The van der Waals surface area contributed by atoms with E-state index in [1.807, 2.05) is 0 Å². The molecule has 0 atom stereocenters. The highest BCUT2D eigenvalue weighted by Crippen LogP contribution is 2.15. The molecule has 0 unspecified atom stereocenters. The van der Waals surface area contributed by atoms with Crippen molar-refractivity contribution < 1.29 is 0 Å². The number of nitrogens with one attached hydrogen (secondary N) is 1. The molecule has 0 amide bonds. The molecule has 1 heterocycles. The summed E-state index contributed by atoms with van der Waals surface area (Å²) in [6.45, 7) is 0. The molecule has 1 aromatic heterocycles. The third kappa shape index (κ3) is 1.42. The standard InChI is InChI=1S/C8H6BrN3O/c9-4-1-2-5-6(3-4)11-8(10)12-7(5)13/h1-3H,(H3,10,11,12,13). The molecule has 2 rings (SSSR count).